The molecule has 9 heteroatoms. The Labute approximate surface area is 186 Å². The minimum atomic E-state index is -0.600. The molecule has 1 N–H and O–H groups in total. The van der Waals surface area contributed by atoms with E-state index in [-0.39, 0.29) is 17.6 Å². The van der Waals surface area contributed by atoms with Gasteiger partial charge in [-0.3, -0.25) is 9.36 Å². The Kier molecular flexibility index (Phi) is 4.13. The maximum atomic E-state index is 13.0. The largest absolute Gasteiger partial charge is 0.501 e. The molecule has 3 heterocycles. The number of aromatic hydroxyl groups is 1. The maximum Gasteiger partial charge on any atom is 0.296 e. The van der Waals surface area contributed by atoms with Crippen molar-refractivity contribution in [2.45, 2.75) is 25.3 Å². The minimum absolute atomic E-state index is 0.0253. The zero-order chi connectivity index (χ0) is 22.0. The zero-order valence-corrected chi connectivity index (χ0v) is 17.9. The fourth-order valence-electron chi connectivity index (χ4n) is 4.16. The first-order valence-electron chi connectivity index (χ1n) is 10.3. The van der Waals surface area contributed by atoms with Crippen LogP contribution in [-0.2, 0) is 7.05 Å². The maximum absolute atomic E-state index is 13.0. The van der Waals surface area contributed by atoms with Crippen molar-refractivity contribution in [3.63, 3.8) is 0 Å². The predicted octanol–water partition coefficient (Wildman–Crippen LogP) is 4.69. The van der Waals surface area contributed by atoms with Crippen molar-refractivity contribution in [3.05, 3.63) is 57.8 Å². The molecule has 0 saturated heterocycles. The molecule has 5 aromatic rings. The number of imidazole rings is 1. The number of halogens is 1. The van der Waals surface area contributed by atoms with E-state index in [1.807, 2.05) is 24.3 Å². The lowest BCUT2D eigenvalue weighted by Gasteiger charge is -2.29. The third-order valence-corrected chi connectivity index (χ3v) is 6.29. The minimum Gasteiger partial charge on any atom is -0.501 e. The summed E-state index contributed by atoms with van der Waals surface area (Å²) in [6, 6.07) is 13.2. The normalized spacial score (nSPS) is 14.3. The Bertz CT molecular complexity index is 1580. The van der Waals surface area contributed by atoms with Gasteiger partial charge in [0.25, 0.3) is 5.56 Å². The van der Waals surface area contributed by atoms with E-state index in [0.717, 1.165) is 30.3 Å². The van der Waals surface area contributed by atoms with Crippen LogP contribution in [-0.4, -0.2) is 29.2 Å². The van der Waals surface area contributed by atoms with Crippen molar-refractivity contribution in [2.24, 2.45) is 7.05 Å². The lowest BCUT2D eigenvalue weighted by Crippen LogP contribution is -2.24. The van der Waals surface area contributed by atoms with Gasteiger partial charge >= 0.3 is 0 Å². The van der Waals surface area contributed by atoms with Crippen molar-refractivity contribution in [1.29, 1.82) is 0 Å². The Morgan fingerprint density at radius 1 is 1.06 bits per heavy atom. The third-order valence-electron chi connectivity index (χ3n) is 6.06. The molecule has 1 saturated carbocycles. The highest BCUT2D eigenvalue weighted by atomic mass is 35.5. The Morgan fingerprint density at radius 2 is 1.88 bits per heavy atom. The number of rotatable bonds is 3. The molecule has 0 radical (unpaired) electrons. The Balaban J connectivity index is 1.61. The molecule has 0 unspecified atom stereocenters. The second kappa shape index (κ2) is 6.93. The summed E-state index contributed by atoms with van der Waals surface area (Å²) in [5.41, 5.74) is 2.19. The van der Waals surface area contributed by atoms with E-state index in [0.29, 0.717) is 27.8 Å². The van der Waals surface area contributed by atoms with Crippen LogP contribution in [0.4, 0.5) is 0 Å². The van der Waals surface area contributed by atoms with Crippen LogP contribution in [0.2, 0.25) is 5.02 Å². The summed E-state index contributed by atoms with van der Waals surface area (Å²) in [7, 11) is 1.57. The van der Waals surface area contributed by atoms with Gasteiger partial charge in [-0.1, -0.05) is 23.7 Å². The molecule has 0 bridgehead atoms. The fraction of sp³-hybridized carbons (Fsp3) is 0.217. The number of nitrogens with zero attached hydrogens (tertiary/aromatic N) is 5. The fourth-order valence-corrected chi connectivity index (χ4v) is 4.32. The van der Waals surface area contributed by atoms with Crippen LogP contribution < -0.4 is 5.56 Å². The van der Waals surface area contributed by atoms with Gasteiger partial charge in [0, 0.05) is 24.2 Å². The molecule has 0 amide bonds. The second-order valence-electron chi connectivity index (χ2n) is 8.01. The smallest absolute Gasteiger partial charge is 0.296 e. The molecule has 2 aromatic carbocycles. The van der Waals surface area contributed by atoms with Crippen LogP contribution in [0.25, 0.3) is 45.4 Å². The highest BCUT2D eigenvalue weighted by Gasteiger charge is 2.29. The monoisotopic (exact) mass is 447 g/mol. The van der Waals surface area contributed by atoms with E-state index in [1.165, 1.54) is 4.57 Å². The second-order valence-corrected chi connectivity index (χ2v) is 8.44. The number of aromatic nitrogens is 5. The average Bonchev–Trinajstić information content (AvgIpc) is 3.33. The van der Waals surface area contributed by atoms with Crippen LogP contribution in [0, 0.1) is 0 Å². The number of fused-ring (bicyclic) bond motifs is 2. The van der Waals surface area contributed by atoms with Gasteiger partial charge in [0.1, 0.15) is 5.52 Å². The lowest BCUT2D eigenvalue weighted by molar-refractivity contribution is 0.322. The van der Waals surface area contributed by atoms with E-state index < -0.39 is 11.3 Å². The van der Waals surface area contributed by atoms with Crippen molar-refractivity contribution in [3.8, 4) is 29.0 Å². The van der Waals surface area contributed by atoms with Crippen LogP contribution >= 0.6 is 11.6 Å². The first kappa shape index (κ1) is 19.1. The van der Waals surface area contributed by atoms with Crippen molar-refractivity contribution >= 4 is 33.7 Å². The van der Waals surface area contributed by atoms with Crippen LogP contribution in [0.15, 0.2) is 51.7 Å². The third kappa shape index (κ3) is 2.76. The van der Waals surface area contributed by atoms with Gasteiger partial charge in [-0.15, -0.1) is 0 Å². The molecule has 0 atom stereocenters. The molecule has 3 aromatic heterocycles. The molecule has 0 spiro atoms. The van der Waals surface area contributed by atoms with Gasteiger partial charge in [0.2, 0.25) is 11.6 Å². The molecule has 6 rings (SSSR count). The highest BCUT2D eigenvalue weighted by molar-refractivity contribution is 6.31. The standard InChI is InChI=1S/C23H18ClN5O3/c1-28-20(21-25-14-7-2-3-8-16(14)29(21)13-5-4-6-13)27-18(19(30)23(28)31)22-26-15-10-9-12(24)11-17(15)32-22/h2-3,7-11,13,30H,4-6H2,1H3. The molecular weight excluding hydrogens is 430 g/mol. The van der Waals surface area contributed by atoms with Gasteiger partial charge in [0.15, 0.2) is 22.9 Å². The molecule has 8 nitrogen and oxygen atoms in total. The Morgan fingerprint density at radius 3 is 2.66 bits per heavy atom. The highest BCUT2D eigenvalue weighted by Crippen LogP contribution is 2.38. The summed E-state index contributed by atoms with van der Waals surface area (Å²) in [5.74, 6) is 0.437. The van der Waals surface area contributed by atoms with Gasteiger partial charge in [0.05, 0.1) is 11.0 Å². The van der Waals surface area contributed by atoms with E-state index in [1.54, 1.807) is 25.2 Å². The molecular formula is C23H18ClN5O3. The van der Waals surface area contributed by atoms with Crippen LogP contribution in [0.1, 0.15) is 25.3 Å². The van der Waals surface area contributed by atoms with Gasteiger partial charge in [-0.05, 0) is 43.5 Å². The van der Waals surface area contributed by atoms with Gasteiger partial charge in [-0.25, -0.2) is 15.0 Å². The summed E-state index contributed by atoms with van der Waals surface area (Å²) in [5, 5.41) is 11.1. The quantitative estimate of drug-likeness (QED) is 0.430. The molecule has 32 heavy (non-hydrogen) atoms. The van der Waals surface area contributed by atoms with E-state index in [4.69, 9.17) is 21.0 Å². The van der Waals surface area contributed by atoms with E-state index >= 15 is 0 Å². The number of hydrogen-bond acceptors (Lipinski definition) is 6. The van der Waals surface area contributed by atoms with Crippen molar-refractivity contribution < 1.29 is 9.52 Å². The summed E-state index contributed by atoms with van der Waals surface area (Å²) in [6.45, 7) is 0. The SMILES string of the molecule is Cn1c(-c2nc3ccccc3n2C2CCC2)nc(-c2nc3ccc(Cl)cc3o2)c(O)c1=O. The molecule has 1 aliphatic carbocycles. The number of para-hydroxylation sites is 2. The van der Waals surface area contributed by atoms with Crippen LogP contribution in [0.3, 0.4) is 0 Å². The van der Waals surface area contributed by atoms with E-state index in [2.05, 4.69) is 14.5 Å². The number of oxazole rings is 1. The predicted molar refractivity (Wildman–Crippen MR) is 121 cm³/mol. The first-order valence-corrected chi connectivity index (χ1v) is 10.7. The molecule has 1 aliphatic rings. The summed E-state index contributed by atoms with van der Waals surface area (Å²) < 4.78 is 9.24. The molecule has 1 fully saturated rings. The number of hydrogen-bond donors (Lipinski definition) is 1. The first-order chi connectivity index (χ1) is 15.5. The molecule has 0 aliphatic heterocycles. The van der Waals surface area contributed by atoms with Crippen LogP contribution in [0.5, 0.6) is 5.75 Å². The van der Waals surface area contributed by atoms with E-state index in [9.17, 15) is 9.90 Å². The zero-order valence-electron chi connectivity index (χ0n) is 17.1. The lowest BCUT2D eigenvalue weighted by atomic mass is 9.92. The topological polar surface area (TPSA) is 99.0 Å². The summed E-state index contributed by atoms with van der Waals surface area (Å²) in [6.07, 6.45) is 3.23. The summed E-state index contributed by atoms with van der Waals surface area (Å²) >= 11 is 6.04. The van der Waals surface area contributed by atoms with Crippen molar-refractivity contribution in [1.82, 2.24) is 24.1 Å². The van der Waals surface area contributed by atoms with Gasteiger partial charge in [-0.2, -0.15) is 0 Å². The summed E-state index contributed by atoms with van der Waals surface area (Å²) in [4.78, 5) is 26.8. The number of benzene rings is 2. The average molecular weight is 448 g/mol. The Hall–Kier alpha value is -3.65. The van der Waals surface area contributed by atoms with Crippen molar-refractivity contribution in [2.75, 3.05) is 0 Å². The molecule has 160 valence electrons. The van der Waals surface area contributed by atoms with Gasteiger partial charge < -0.3 is 14.1 Å².